The van der Waals surface area contributed by atoms with Crippen molar-refractivity contribution in [2.75, 3.05) is 13.1 Å². The second-order valence-electron chi connectivity index (χ2n) is 2.42. The van der Waals surface area contributed by atoms with Crippen LogP contribution < -0.4 is 5.32 Å². The van der Waals surface area contributed by atoms with Gasteiger partial charge in [0.1, 0.15) is 0 Å². The van der Waals surface area contributed by atoms with Crippen molar-refractivity contribution in [3.05, 3.63) is 17.1 Å². The van der Waals surface area contributed by atoms with Crippen LogP contribution in [0.3, 0.4) is 0 Å². The molecule has 0 aromatic carbocycles. The first-order valence-corrected chi connectivity index (χ1v) is 4.06. The van der Waals surface area contributed by atoms with Gasteiger partial charge in [0.05, 0.1) is 6.04 Å². The van der Waals surface area contributed by atoms with Crippen LogP contribution in [-0.2, 0) is 0 Å². The molecule has 1 aromatic heterocycles. The third-order valence-corrected chi connectivity index (χ3v) is 2.39. The molecule has 1 fully saturated rings. The van der Waals surface area contributed by atoms with Crippen LogP contribution in [0.4, 0.5) is 0 Å². The Kier molecular flexibility index (Phi) is 1.50. The molecule has 1 aliphatic heterocycles. The second-order valence-corrected chi connectivity index (χ2v) is 3.12. The van der Waals surface area contributed by atoms with E-state index in [1.807, 2.05) is 12.4 Å². The van der Waals surface area contributed by atoms with Crippen molar-refractivity contribution in [3.8, 4) is 0 Å². The highest BCUT2D eigenvalue weighted by Crippen LogP contribution is 2.17. The van der Waals surface area contributed by atoms with Crippen molar-refractivity contribution in [1.29, 1.82) is 0 Å². The standard InChI is InChI=1S/C6H8BrN3/c7-6-9-1-2-10(6)5-3-8-4-5/h1-2,5,8H,3-4H2. The van der Waals surface area contributed by atoms with E-state index in [4.69, 9.17) is 0 Å². The average Bonchev–Trinajstić information content (AvgIpc) is 2.12. The van der Waals surface area contributed by atoms with Gasteiger partial charge in [-0.2, -0.15) is 0 Å². The molecule has 1 aromatic rings. The zero-order valence-electron chi connectivity index (χ0n) is 5.42. The summed E-state index contributed by atoms with van der Waals surface area (Å²) in [6, 6.07) is 0.608. The van der Waals surface area contributed by atoms with Crippen molar-refractivity contribution < 1.29 is 0 Å². The fourth-order valence-corrected chi connectivity index (χ4v) is 1.56. The van der Waals surface area contributed by atoms with E-state index < -0.39 is 0 Å². The molecule has 3 nitrogen and oxygen atoms in total. The van der Waals surface area contributed by atoms with Crippen molar-refractivity contribution in [2.24, 2.45) is 0 Å². The maximum Gasteiger partial charge on any atom is 0.177 e. The SMILES string of the molecule is Brc1nccn1C1CNC1. The molecule has 1 N–H and O–H groups in total. The van der Waals surface area contributed by atoms with Gasteiger partial charge in [-0.05, 0) is 15.9 Å². The number of nitrogens with one attached hydrogen (secondary N) is 1. The van der Waals surface area contributed by atoms with E-state index in [0.717, 1.165) is 17.8 Å². The summed E-state index contributed by atoms with van der Waals surface area (Å²) in [5, 5.41) is 3.21. The van der Waals surface area contributed by atoms with Crippen molar-refractivity contribution >= 4 is 15.9 Å². The zero-order chi connectivity index (χ0) is 6.97. The molecule has 0 bridgehead atoms. The summed E-state index contributed by atoms with van der Waals surface area (Å²) in [4.78, 5) is 4.07. The first-order chi connectivity index (χ1) is 4.88. The lowest BCUT2D eigenvalue weighted by Gasteiger charge is -2.28. The first kappa shape index (κ1) is 6.37. The van der Waals surface area contributed by atoms with E-state index in [-0.39, 0.29) is 0 Å². The predicted molar refractivity (Wildman–Crippen MR) is 41.8 cm³/mol. The highest BCUT2D eigenvalue weighted by atomic mass is 79.9. The topological polar surface area (TPSA) is 29.9 Å². The normalized spacial score (nSPS) is 18.9. The van der Waals surface area contributed by atoms with Crippen molar-refractivity contribution in [2.45, 2.75) is 6.04 Å². The molecule has 2 heterocycles. The van der Waals surface area contributed by atoms with Gasteiger partial charge in [-0.3, -0.25) is 0 Å². The van der Waals surface area contributed by atoms with Gasteiger partial charge in [-0.25, -0.2) is 4.98 Å². The van der Waals surface area contributed by atoms with Gasteiger partial charge in [0.15, 0.2) is 4.73 Å². The molecule has 54 valence electrons. The average molecular weight is 202 g/mol. The molecule has 2 rings (SSSR count). The Morgan fingerprint density at radius 2 is 2.50 bits per heavy atom. The molecule has 0 aliphatic carbocycles. The van der Waals surface area contributed by atoms with E-state index in [1.165, 1.54) is 0 Å². The van der Waals surface area contributed by atoms with Gasteiger partial charge < -0.3 is 9.88 Å². The molecule has 1 saturated heterocycles. The first-order valence-electron chi connectivity index (χ1n) is 3.27. The minimum atomic E-state index is 0.608. The number of rotatable bonds is 1. The summed E-state index contributed by atoms with van der Waals surface area (Å²) in [5.41, 5.74) is 0. The second kappa shape index (κ2) is 2.36. The molecule has 0 unspecified atom stereocenters. The Bertz CT molecular complexity index is 229. The van der Waals surface area contributed by atoms with Crippen LogP contribution in [-0.4, -0.2) is 22.6 Å². The number of aromatic nitrogens is 2. The van der Waals surface area contributed by atoms with E-state index in [1.54, 1.807) is 0 Å². The van der Waals surface area contributed by atoms with Gasteiger partial charge >= 0.3 is 0 Å². The van der Waals surface area contributed by atoms with Crippen LogP contribution in [0.2, 0.25) is 0 Å². The van der Waals surface area contributed by atoms with Crippen LogP contribution in [0.5, 0.6) is 0 Å². The summed E-state index contributed by atoms with van der Waals surface area (Å²) < 4.78 is 3.07. The summed E-state index contributed by atoms with van der Waals surface area (Å²) in [6.07, 6.45) is 3.80. The fourth-order valence-electron chi connectivity index (χ4n) is 1.04. The largest absolute Gasteiger partial charge is 0.320 e. The number of hydrogen-bond donors (Lipinski definition) is 1. The third-order valence-electron chi connectivity index (χ3n) is 1.77. The van der Waals surface area contributed by atoms with E-state index in [2.05, 4.69) is 30.8 Å². The monoisotopic (exact) mass is 201 g/mol. The molecule has 0 saturated carbocycles. The third kappa shape index (κ3) is 0.876. The van der Waals surface area contributed by atoms with Gasteiger partial charge in [-0.1, -0.05) is 0 Å². The Labute approximate surface area is 67.6 Å². The van der Waals surface area contributed by atoms with E-state index in [0.29, 0.717) is 6.04 Å². The number of imidazole rings is 1. The number of hydrogen-bond acceptors (Lipinski definition) is 2. The van der Waals surface area contributed by atoms with Crippen LogP contribution in [0.25, 0.3) is 0 Å². The minimum absolute atomic E-state index is 0.608. The van der Waals surface area contributed by atoms with Crippen LogP contribution in [0, 0.1) is 0 Å². The minimum Gasteiger partial charge on any atom is -0.320 e. The lowest BCUT2D eigenvalue weighted by molar-refractivity contribution is 0.339. The lowest BCUT2D eigenvalue weighted by Crippen LogP contribution is -2.43. The molecule has 0 spiro atoms. The van der Waals surface area contributed by atoms with E-state index in [9.17, 15) is 0 Å². The molecule has 1 aliphatic rings. The van der Waals surface area contributed by atoms with Crippen molar-refractivity contribution in [1.82, 2.24) is 14.9 Å². The molecule has 0 amide bonds. The van der Waals surface area contributed by atoms with Gasteiger partial charge in [0.2, 0.25) is 0 Å². The van der Waals surface area contributed by atoms with E-state index >= 15 is 0 Å². The summed E-state index contributed by atoms with van der Waals surface area (Å²) in [5.74, 6) is 0. The number of nitrogens with zero attached hydrogens (tertiary/aromatic N) is 2. The van der Waals surface area contributed by atoms with Crippen LogP contribution in [0.1, 0.15) is 6.04 Å². The quantitative estimate of drug-likeness (QED) is 0.729. The maximum atomic E-state index is 4.07. The molecular weight excluding hydrogens is 194 g/mol. The predicted octanol–water partition coefficient (Wildman–Crippen LogP) is 0.790. The highest BCUT2D eigenvalue weighted by molar-refractivity contribution is 9.10. The van der Waals surface area contributed by atoms with Crippen molar-refractivity contribution in [3.63, 3.8) is 0 Å². The Morgan fingerprint density at radius 1 is 1.70 bits per heavy atom. The number of halogens is 1. The van der Waals surface area contributed by atoms with Gasteiger partial charge in [0, 0.05) is 25.5 Å². The molecule has 10 heavy (non-hydrogen) atoms. The Hall–Kier alpha value is -0.350. The zero-order valence-corrected chi connectivity index (χ0v) is 7.00. The summed E-state index contributed by atoms with van der Waals surface area (Å²) >= 11 is 3.37. The van der Waals surface area contributed by atoms with Crippen LogP contribution >= 0.6 is 15.9 Å². The van der Waals surface area contributed by atoms with Gasteiger partial charge in [0.25, 0.3) is 0 Å². The molecule has 4 heteroatoms. The Morgan fingerprint density at radius 3 is 2.90 bits per heavy atom. The van der Waals surface area contributed by atoms with Crippen LogP contribution in [0.15, 0.2) is 17.1 Å². The lowest BCUT2D eigenvalue weighted by atomic mass is 10.2. The molecule has 0 atom stereocenters. The Balaban J connectivity index is 2.23. The summed E-state index contributed by atoms with van der Waals surface area (Å²) in [7, 11) is 0. The molecule has 0 radical (unpaired) electrons. The summed E-state index contributed by atoms with van der Waals surface area (Å²) in [6.45, 7) is 2.13. The highest BCUT2D eigenvalue weighted by Gasteiger charge is 2.19. The van der Waals surface area contributed by atoms with Gasteiger partial charge in [-0.15, -0.1) is 0 Å². The molecular formula is C6H8BrN3. The maximum absolute atomic E-state index is 4.07. The fraction of sp³-hybridized carbons (Fsp3) is 0.500. The smallest absolute Gasteiger partial charge is 0.177 e.